The lowest BCUT2D eigenvalue weighted by Crippen LogP contribution is -2.21. The largest absolute Gasteiger partial charge is 0.388 e. The summed E-state index contributed by atoms with van der Waals surface area (Å²) in [6, 6.07) is 10.2. The molecule has 0 radical (unpaired) electrons. The van der Waals surface area contributed by atoms with Crippen molar-refractivity contribution in [3.8, 4) is 0 Å². The van der Waals surface area contributed by atoms with Gasteiger partial charge in [-0.3, -0.25) is 0 Å². The van der Waals surface area contributed by atoms with Gasteiger partial charge in [-0.1, -0.05) is 34.1 Å². The number of nitrogens with two attached hydrogens (primary N) is 1. The van der Waals surface area contributed by atoms with Gasteiger partial charge in [-0.2, -0.15) is 0 Å². The molecular formula is C15H14BrF2NO. The molecule has 0 saturated carbocycles. The fraction of sp³-hybridized carbons (Fsp3) is 0.200. The van der Waals surface area contributed by atoms with Gasteiger partial charge in [-0.05, 0) is 35.4 Å². The first-order valence-electron chi connectivity index (χ1n) is 6.11. The average Bonchev–Trinajstić information content (AvgIpc) is 2.40. The van der Waals surface area contributed by atoms with Gasteiger partial charge in [0.05, 0.1) is 6.10 Å². The van der Waals surface area contributed by atoms with Crippen LogP contribution < -0.4 is 5.73 Å². The summed E-state index contributed by atoms with van der Waals surface area (Å²) < 4.78 is 27.7. The molecule has 2 unspecified atom stereocenters. The molecule has 106 valence electrons. The van der Waals surface area contributed by atoms with Crippen molar-refractivity contribution in [1.82, 2.24) is 0 Å². The van der Waals surface area contributed by atoms with Gasteiger partial charge in [0, 0.05) is 16.9 Å². The number of benzene rings is 2. The predicted molar refractivity (Wildman–Crippen MR) is 77.3 cm³/mol. The first-order valence-corrected chi connectivity index (χ1v) is 6.90. The first-order chi connectivity index (χ1) is 9.52. The molecule has 0 aromatic heterocycles. The Hall–Kier alpha value is -1.30. The summed E-state index contributed by atoms with van der Waals surface area (Å²) in [6.07, 6.45) is -1.08. The quantitative estimate of drug-likeness (QED) is 0.893. The van der Waals surface area contributed by atoms with Crippen LogP contribution in [0, 0.1) is 11.6 Å². The van der Waals surface area contributed by atoms with Crippen LogP contribution in [0.3, 0.4) is 0 Å². The topological polar surface area (TPSA) is 46.2 Å². The zero-order valence-electron chi connectivity index (χ0n) is 10.6. The molecule has 0 spiro atoms. The van der Waals surface area contributed by atoms with Crippen LogP contribution in [0.4, 0.5) is 8.78 Å². The van der Waals surface area contributed by atoms with E-state index in [4.69, 9.17) is 5.73 Å². The van der Waals surface area contributed by atoms with Crippen molar-refractivity contribution in [3.05, 3.63) is 69.7 Å². The lowest BCUT2D eigenvalue weighted by Gasteiger charge is -2.23. The van der Waals surface area contributed by atoms with Gasteiger partial charge in [-0.25, -0.2) is 8.78 Å². The van der Waals surface area contributed by atoms with Crippen LogP contribution in [0.1, 0.15) is 23.1 Å². The number of aliphatic hydroxyl groups excluding tert-OH is 1. The number of hydrogen-bond donors (Lipinski definition) is 2. The van der Waals surface area contributed by atoms with E-state index in [9.17, 15) is 13.9 Å². The summed E-state index contributed by atoms with van der Waals surface area (Å²) in [6.45, 7) is 0.0518. The highest BCUT2D eigenvalue weighted by Crippen LogP contribution is 2.33. The van der Waals surface area contributed by atoms with E-state index in [0.29, 0.717) is 15.6 Å². The predicted octanol–water partition coefficient (Wildman–Crippen LogP) is 3.50. The molecule has 2 atom stereocenters. The maximum Gasteiger partial charge on any atom is 0.126 e. The smallest absolute Gasteiger partial charge is 0.126 e. The molecule has 2 aromatic carbocycles. The Balaban J connectivity index is 2.39. The molecule has 0 amide bonds. The summed E-state index contributed by atoms with van der Waals surface area (Å²) >= 11 is 3.17. The van der Waals surface area contributed by atoms with Crippen LogP contribution in [0.25, 0.3) is 0 Å². The Labute approximate surface area is 124 Å². The molecule has 0 saturated heterocycles. The number of aliphatic hydroxyl groups is 1. The highest BCUT2D eigenvalue weighted by atomic mass is 79.9. The van der Waals surface area contributed by atoms with Gasteiger partial charge in [0.15, 0.2) is 0 Å². The highest BCUT2D eigenvalue weighted by molar-refractivity contribution is 9.10. The summed E-state index contributed by atoms with van der Waals surface area (Å²) in [5.41, 5.74) is 6.34. The van der Waals surface area contributed by atoms with Crippen molar-refractivity contribution in [2.75, 3.05) is 6.54 Å². The normalized spacial score (nSPS) is 14.1. The van der Waals surface area contributed by atoms with Crippen LogP contribution >= 0.6 is 15.9 Å². The summed E-state index contributed by atoms with van der Waals surface area (Å²) in [5, 5.41) is 10.4. The maximum atomic E-state index is 13.8. The van der Waals surface area contributed by atoms with Crippen molar-refractivity contribution in [1.29, 1.82) is 0 Å². The molecule has 0 heterocycles. The monoisotopic (exact) mass is 341 g/mol. The highest BCUT2D eigenvalue weighted by Gasteiger charge is 2.24. The fourth-order valence-corrected chi connectivity index (χ4v) is 2.66. The lowest BCUT2D eigenvalue weighted by atomic mass is 9.89. The number of halogens is 3. The molecule has 3 N–H and O–H groups in total. The molecule has 2 aromatic rings. The molecule has 0 bridgehead atoms. The summed E-state index contributed by atoms with van der Waals surface area (Å²) in [5.74, 6) is -1.54. The molecular weight excluding hydrogens is 328 g/mol. The van der Waals surface area contributed by atoms with Gasteiger partial charge < -0.3 is 10.8 Å². The van der Waals surface area contributed by atoms with E-state index in [1.807, 2.05) is 0 Å². The molecule has 0 aliphatic heterocycles. The van der Waals surface area contributed by atoms with Crippen molar-refractivity contribution in [3.63, 3.8) is 0 Å². The lowest BCUT2D eigenvalue weighted by molar-refractivity contribution is 0.145. The molecule has 0 fully saturated rings. The van der Waals surface area contributed by atoms with Gasteiger partial charge in [0.2, 0.25) is 0 Å². The van der Waals surface area contributed by atoms with Crippen molar-refractivity contribution >= 4 is 15.9 Å². The second-order valence-corrected chi connectivity index (χ2v) is 5.43. The third kappa shape index (κ3) is 3.23. The van der Waals surface area contributed by atoms with Crippen LogP contribution in [0.15, 0.2) is 46.9 Å². The zero-order chi connectivity index (χ0) is 14.7. The molecule has 2 nitrogen and oxygen atoms in total. The van der Waals surface area contributed by atoms with E-state index in [1.54, 1.807) is 24.3 Å². The molecule has 0 aliphatic carbocycles. The van der Waals surface area contributed by atoms with E-state index in [2.05, 4.69) is 15.9 Å². The standard InChI is InChI=1S/C15H14BrF2NO/c16-10-5-9(6-11(17)7-10)15(20)13(8-19)12-3-1-2-4-14(12)18/h1-7,13,15,20H,8,19H2. The van der Waals surface area contributed by atoms with E-state index in [1.165, 1.54) is 18.2 Å². The summed E-state index contributed by atoms with van der Waals surface area (Å²) in [7, 11) is 0. The Morgan fingerprint density at radius 3 is 2.45 bits per heavy atom. The van der Waals surface area contributed by atoms with E-state index >= 15 is 0 Å². The molecule has 5 heteroatoms. The first kappa shape index (κ1) is 15.1. The molecule has 0 aliphatic rings. The summed E-state index contributed by atoms with van der Waals surface area (Å²) in [4.78, 5) is 0. The van der Waals surface area contributed by atoms with E-state index < -0.39 is 23.7 Å². The third-order valence-corrected chi connectivity index (χ3v) is 3.62. The van der Waals surface area contributed by atoms with Crippen molar-refractivity contribution in [2.45, 2.75) is 12.0 Å². The van der Waals surface area contributed by atoms with Crippen molar-refractivity contribution in [2.24, 2.45) is 5.73 Å². The van der Waals surface area contributed by atoms with Gasteiger partial charge in [0.25, 0.3) is 0 Å². The second-order valence-electron chi connectivity index (χ2n) is 4.51. The van der Waals surface area contributed by atoms with E-state index in [0.717, 1.165) is 0 Å². The Morgan fingerprint density at radius 1 is 1.15 bits per heavy atom. The minimum atomic E-state index is -1.08. The third-order valence-electron chi connectivity index (χ3n) is 3.17. The molecule has 20 heavy (non-hydrogen) atoms. The fourth-order valence-electron chi connectivity index (χ4n) is 2.18. The van der Waals surface area contributed by atoms with Crippen molar-refractivity contribution < 1.29 is 13.9 Å². The maximum absolute atomic E-state index is 13.8. The second kappa shape index (κ2) is 6.43. The van der Waals surface area contributed by atoms with E-state index in [-0.39, 0.29) is 6.54 Å². The van der Waals surface area contributed by atoms with Crippen LogP contribution in [0.2, 0.25) is 0 Å². The average molecular weight is 342 g/mol. The minimum Gasteiger partial charge on any atom is -0.388 e. The van der Waals surface area contributed by atoms with Crippen LogP contribution in [-0.4, -0.2) is 11.7 Å². The Bertz CT molecular complexity index is 586. The Morgan fingerprint density at radius 2 is 1.85 bits per heavy atom. The number of hydrogen-bond acceptors (Lipinski definition) is 2. The van der Waals surface area contributed by atoms with Gasteiger partial charge in [-0.15, -0.1) is 0 Å². The Kier molecular flexibility index (Phi) is 4.86. The van der Waals surface area contributed by atoms with Gasteiger partial charge in [0.1, 0.15) is 11.6 Å². The van der Waals surface area contributed by atoms with Crippen LogP contribution in [-0.2, 0) is 0 Å². The SMILES string of the molecule is NCC(c1ccccc1F)C(O)c1cc(F)cc(Br)c1. The molecule has 2 rings (SSSR count). The minimum absolute atomic E-state index is 0.0518. The zero-order valence-corrected chi connectivity index (χ0v) is 12.1. The van der Waals surface area contributed by atoms with Crippen LogP contribution in [0.5, 0.6) is 0 Å². The number of rotatable bonds is 4. The van der Waals surface area contributed by atoms with Gasteiger partial charge >= 0.3 is 0 Å².